The number of rotatable bonds is 6. The Morgan fingerprint density at radius 3 is 2.77 bits per heavy atom. The van der Waals surface area contributed by atoms with Crippen LogP contribution < -0.4 is 5.32 Å². The molecule has 26 heavy (non-hydrogen) atoms. The molecule has 0 bridgehead atoms. The summed E-state index contributed by atoms with van der Waals surface area (Å²) in [5.41, 5.74) is 2.91. The number of anilines is 1. The quantitative estimate of drug-likeness (QED) is 0.779. The Hall–Kier alpha value is -2.18. The monoisotopic (exact) mass is 372 g/mol. The molecule has 0 saturated carbocycles. The van der Waals surface area contributed by atoms with Crippen molar-refractivity contribution in [2.45, 2.75) is 32.7 Å². The molecule has 3 rings (SSSR count). The molecule has 6 heteroatoms. The van der Waals surface area contributed by atoms with Crippen LogP contribution in [0.4, 0.5) is 5.00 Å². The second kappa shape index (κ2) is 8.47. The normalized spacial score (nSPS) is 17.2. The zero-order valence-electron chi connectivity index (χ0n) is 15.2. The minimum Gasteiger partial charge on any atom is -0.462 e. The van der Waals surface area contributed by atoms with Crippen molar-refractivity contribution in [1.29, 1.82) is 0 Å². The summed E-state index contributed by atoms with van der Waals surface area (Å²) in [6, 6.07) is 10.5. The Balaban J connectivity index is 1.64. The lowest BCUT2D eigenvalue weighted by Crippen LogP contribution is -2.33. The van der Waals surface area contributed by atoms with Crippen molar-refractivity contribution < 1.29 is 14.3 Å². The van der Waals surface area contributed by atoms with Gasteiger partial charge in [0, 0.05) is 6.04 Å². The van der Waals surface area contributed by atoms with Crippen LogP contribution in [0.5, 0.6) is 0 Å². The molecule has 0 unspecified atom stereocenters. The van der Waals surface area contributed by atoms with E-state index in [2.05, 4.69) is 41.4 Å². The Bertz CT molecular complexity index is 770. The zero-order valence-corrected chi connectivity index (χ0v) is 16.0. The van der Waals surface area contributed by atoms with Crippen molar-refractivity contribution in [3.63, 3.8) is 0 Å². The molecule has 1 atom stereocenters. The standard InChI is InChI=1S/C20H24N2O3S/c1-3-25-20(24)16-10-12-26-19(16)21-18(23)13-22-11-4-5-17(22)15-8-6-14(2)7-9-15/h6-10,12,17H,3-5,11,13H2,1-2H3,(H,21,23)/t17-/m0/s1. The molecule has 1 amide bonds. The number of hydrogen-bond acceptors (Lipinski definition) is 5. The van der Waals surface area contributed by atoms with Crippen LogP contribution in [0.1, 0.15) is 47.3 Å². The third kappa shape index (κ3) is 4.31. The molecule has 1 saturated heterocycles. The van der Waals surface area contributed by atoms with Gasteiger partial charge in [0.1, 0.15) is 5.00 Å². The number of hydrogen-bond donors (Lipinski definition) is 1. The number of esters is 1. The highest BCUT2D eigenvalue weighted by atomic mass is 32.1. The van der Waals surface area contributed by atoms with Crippen LogP contribution in [0.3, 0.4) is 0 Å². The van der Waals surface area contributed by atoms with Gasteiger partial charge < -0.3 is 10.1 Å². The average Bonchev–Trinajstić information content (AvgIpc) is 3.25. The molecule has 0 radical (unpaired) electrons. The highest BCUT2D eigenvalue weighted by Gasteiger charge is 2.28. The van der Waals surface area contributed by atoms with Crippen molar-refractivity contribution in [2.24, 2.45) is 0 Å². The molecule has 1 aliphatic heterocycles. The zero-order chi connectivity index (χ0) is 18.5. The highest BCUT2D eigenvalue weighted by molar-refractivity contribution is 7.14. The van der Waals surface area contributed by atoms with Crippen LogP contribution in [0, 0.1) is 6.92 Å². The van der Waals surface area contributed by atoms with E-state index >= 15 is 0 Å². The average molecular weight is 372 g/mol. The van der Waals surface area contributed by atoms with Crippen LogP contribution in [0.15, 0.2) is 35.7 Å². The van der Waals surface area contributed by atoms with Crippen LogP contribution in [-0.2, 0) is 9.53 Å². The van der Waals surface area contributed by atoms with Crippen molar-refractivity contribution >= 4 is 28.2 Å². The van der Waals surface area contributed by atoms with E-state index in [1.165, 1.54) is 22.5 Å². The first-order chi connectivity index (χ1) is 12.6. The number of benzene rings is 1. The SMILES string of the molecule is CCOC(=O)c1ccsc1NC(=O)CN1CCC[C@H]1c1ccc(C)cc1. The summed E-state index contributed by atoms with van der Waals surface area (Å²) in [6.45, 7) is 5.38. The van der Waals surface area contributed by atoms with Crippen LogP contribution >= 0.6 is 11.3 Å². The molecule has 0 aliphatic carbocycles. The summed E-state index contributed by atoms with van der Waals surface area (Å²) >= 11 is 1.34. The number of amides is 1. The van der Waals surface area contributed by atoms with Crippen molar-refractivity contribution in [3.8, 4) is 0 Å². The first-order valence-corrected chi connectivity index (χ1v) is 9.81. The predicted octanol–water partition coefficient (Wildman–Crippen LogP) is 4.01. The molecular formula is C20H24N2O3S. The van der Waals surface area contributed by atoms with E-state index in [0.29, 0.717) is 23.7 Å². The molecule has 0 spiro atoms. The van der Waals surface area contributed by atoms with E-state index < -0.39 is 5.97 Å². The summed E-state index contributed by atoms with van der Waals surface area (Å²) in [7, 11) is 0. The Kier molecular flexibility index (Phi) is 6.06. The van der Waals surface area contributed by atoms with E-state index in [1.807, 2.05) is 0 Å². The minimum atomic E-state index is -0.400. The summed E-state index contributed by atoms with van der Waals surface area (Å²) in [5, 5.41) is 5.21. The van der Waals surface area contributed by atoms with Crippen LogP contribution in [0.25, 0.3) is 0 Å². The van der Waals surface area contributed by atoms with Gasteiger partial charge >= 0.3 is 5.97 Å². The molecule has 1 aromatic carbocycles. The summed E-state index contributed by atoms with van der Waals surface area (Å²) in [5.74, 6) is -0.500. The first-order valence-electron chi connectivity index (χ1n) is 8.93. The molecule has 2 heterocycles. The van der Waals surface area contributed by atoms with Gasteiger partial charge in [0.25, 0.3) is 0 Å². The lowest BCUT2D eigenvalue weighted by Gasteiger charge is -2.24. The third-order valence-corrected chi connectivity index (χ3v) is 5.42. The molecule has 138 valence electrons. The lowest BCUT2D eigenvalue weighted by molar-refractivity contribution is -0.117. The van der Waals surface area contributed by atoms with E-state index in [4.69, 9.17) is 4.74 Å². The summed E-state index contributed by atoms with van der Waals surface area (Å²) in [4.78, 5) is 26.7. The number of carbonyl (C=O) groups is 2. The largest absolute Gasteiger partial charge is 0.462 e. The number of nitrogens with zero attached hydrogens (tertiary/aromatic N) is 1. The number of carbonyl (C=O) groups excluding carboxylic acids is 2. The van der Waals surface area contributed by atoms with Gasteiger partial charge in [-0.05, 0) is 50.2 Å². The van der Waals surface area contributed by atoms with Crippen LogP contribution in [-0.4, -0.2) is 36.5 Å². The summed E-state index contributed by atoms with van der Waals surface area (Å²) < 4.78 is 5.03. The Labute approximate surface area is 158 Å². The fraction of sp³-hybridized carbons (Fsp3) is 0.400. The number of aryl methyl sites for hydroxylation is 1. The Morgan fingerprint density at radius 2 is 2.04 bits per heavy atom. The fourth-order valence-corrected chi connectivity index (χ4v) is 4.10. The summed E-state index contributed by atoms with van der Waals surface area (Å²) in [6.07, 6.45) is 2.14. The van der Waals surface area contributed by atoms with Crippen LogP contribution in [0.2, 0.25) is 0 Å². The maximum Gasteiger partial charge on any atom is 0.341 e. The smallest absolute Gasteiger partial charge is 0.341 e. The van der Waals surface area contributed by atoms with E-state index in [1.54, 1.807) is 18.4 Å². The van der Waals surface area contributed by atoms with Gasteiger partial charge in [0.15, 0.2) is 0 Å². The number of thiophene rings is 1. The maximum atomic E-state index is 12.5. The second-order valence-electron chi connectivity index (χ2n) is 6.47. The van der Waals surface area contributed by atoms with Gasteiger partial charge in [-0.25, -0.2) is 4.79 Å². The molecular weight excluding hydrogens is 348 g/mol. The van der Waals surface area contributed by atoms with Crippen molar-refractivity contribution in [2.75, 3.05) is 25.0 Å². The molecule has 5 nitrogen and oxygen atoms in total. The first kappa shape index (κ1) is 18.6. The molecule has 1 N–H and O–H groups in total. The van der Waals surface area contributed by atoms with Crippen molar-refractivity contribution in [3.05, 3.63) is 52.4 Å². The highest BCUT2D eigenvalue weighted by Crippen LogP contribution is 2.32. The number of nitrogens with one attached hydrogen (secondary N) is 1. The van der Waals surface area contributed by atoms with Crippen molar-refractivity contribution in [1.82, 2.24) is 4.90 Å². The number of likely N-dealkylation sites (tertiary alicyclic amines) is 1. The van der Waals surface area contributed by atoms with Gasteiger partial charge in [0.05, 0.1) is 18.7 Å². The fourth-order valence-electron chi connectivity index (χ4n) is 3.31. The maximum absolute atomic E-state index is 12.5. The molecule has 1 aromatic heterocycles. The van der Waals surface area contributed by atoms with E-state index in [-0.39, 0.29) is 11.9 Å². The van der Waals surface area contributed by atoms with Gasteiger partial charge in [-0.3, -0.25) is 9.69 Å². The van der Waals surface area contributed by atoms with Gasteiger partial charge in [-0.2, -0.15) is 0 Å². The minimum absolute atomic E-state index is 0.1000. The molecule has 1 fully saturated rings. The van der Waals surface area contributed by atoms with Gasteiger partial charge in [-0.15, -0.1) is 11.3 Å². The second-order valence-corrected chi connectivity index (χ2v) is 7.39. The predicted molar refractivity (Wildman–Crippen MR) is 104 cm³/mol. The topological polar surface area (TPSA) is 58.6 Å². The van der Waals surface area contributed by atoms with Gasteiger partial charge in [-0.1, -0.05) is 29.8 Å². The lowest BCUT2D eigenvalue weighted by atomic mass is 10.0. The third-order valence-electron chi connectivity index (χ3n) is 4.59. The Morgan fingerprint density at radius 1 is 1.27 bits per heavy atom. The number of ether oxygens (including phenoxy) is 1. The van der Waals surface area contributed by atoms with Gasteiger partial charge in [0.2, 0.25) is 5.91 Å². The molecule has 2 aromatic rings. The van der Waals surface area contributed by atoms with E-state index in [9.17, 15) is 9.59 Å². The molecule has 1 aliphatic rings. The van der Waals surface area contributed by atoms with E-state index in [0.717, 1.165) is 19.4 Å².